The van der Waals surface area contributed by atoms with Crippen LogP contribution in [0.15, 0.2) is 66.7 Å². The molecule has 1 aromatic heterocycles. The first-order valence-corrected chi connectivity index (χ1v) is 9.77. The molecule has 4 rings (SSSR count). The summed E-state index contributed by atoms with van der Waals surface area (Å²) in [5.41, 5.74) is 1.65. The van der Waals surface area contributed by atoms with Gasteiger partial charge < -0.3 is 10.1 Å². The molecule has 8 heteroatoms. The molecule has 150 valence electrons. The molecule has 30 heavy (non-hydrogen) atoms. The number of amides is 2. The van der Waals surface area contributed by atoms with E-state index in [1.807, 2.05) is 12.1 Å². The highest BCUT2D eigenvalue weighted by Crippen LogP contribution is 2.30. The third-order valence-corrected chi connectivity index (χ3v) is 5.28. The number of carbonyl (C=O) groups is 2. The SMILES string of the molecule is COc1ccc2nc(NC(=O)c3ccccc3NC(=O)c3ccc(F)cc3)sc2c1. The fourth-order valence-corrected chi connectivity index (χ4v) is 3.73. The minimum atomic E-state index is -0.442. The zero-order chi connectivity index (χ0) is 21.1. The number of nitrogens with zero attached hydrogens (tertiary/aromatic N) is 1. The summed E-state index contributed by atoms with van der Waals surface area (Å²) in [4.78, 5) is 29.7. The lowest BCUT2D eigenvalue weighted by Gasteiger charge is -2.10. The number of methoxy groups -OCH3 is 1. The van der Waals surface area contributed by atoms with Crippen molar-refractivity contribution in [1.82, 2.24) is 4.98 Å². The van der Waals surface area contributed by atoms with Crippen molar-refractivity contribution in [1.29, 1.82) is 0 Å². The Bertz CT molecular complexity index is 1240. The molecule has 0 radical (unpaired) electrons. The number of nitrogens with one attached hydrogen (secondary N) is 2. The Morgan fingerprint density at radius 1 is 0.967 bits per heavy atom. The lowest BCUT2D eigenvalue weighted by molar-refractivity contribution is 0.102. The molecular formula is C22H16FN3O3S. The Labute approximate surface area is 175 Å². The van der Waals surface area contributed by atoms with Crippen molar-refractivity contribution in [2.45, 2.75) is 0 Å². The van der Waals surface area contributed by atoms with Gasteiger partial charge in [0.2, 0.25) is 0 Å². The Balaban J connectivity index is 1.54. The summed E-state index contributed by atoms with van der Waals surface area (Å²) in [6, 6.07) is 17.3. The van der Waals surface area contributed by atoms with Crippen LogP contribution >= 0.6 is 11.3 Å². The molecule has 2 N–H and O–H groups in total. The molecule has 0 aliphatic heterocycles. The summed E-state index contributed by atoms with van der Waals surface area (Å²) in [6.45, 7) is 0. The zero-order valence-electron chi connectivity index (χ0n) is 15.8. The van der Waals surface area contributed by atoms with Crippen LogP contribution in [0.4, 0.5) is 15.2 Å². The second kappa shape index (κ2) is 8.30. The van der Waals surface area contributed by atoms with E-state index < -0.39 is 17.6 Å². The molecule has 0 saturated heterocycles. The molecule has 0 atom stereocenters. The summed E-state index contributed by atoms with van der Waals surface area (Å²) in [7, 11) is 1.59. The van der Waals surface area contributed by atoms with Crippen molar-refractivity contribution in [3.63, 3.8) is 0 Å². The molecule has 0 fully saturated rings. The van der Waals surface area contributed by atoms with Crippen molar-refractivity contribution in [3.8, 4) is 5.75 Å². The summed E-state index contributed by atoms with van der Waals surface area (Å²) in [6.07, 6.45) is 0. The lowest BCUT2D eigenvalue weighted by atomic mass is 10.1. The molecular weight excluding hydrogens is 405 g/mol. The molecule has 0 unspecified atom stereocenters. The minimum Gasteiger partial charge on any atom is -0.497 e. The Morgan fingerprint density at radius 2 is 1.73 bits per heavy atom. The van der Waals surface area contributed by atoms with Crippen molar-refractivity contribution in [3.05, 3.63) is 83.7 Å². The van der Waals surface area contributed by atoms with Crippen LogP contribution in [-0.4, -0.2) is 23.9 Å². The molecule has 0 aliphatic carbocycles. The van der Waals surface area contributed by atoms with Crippen molar-refractivity contribution < 1.29 is 18.7 Å². The van der Waals surface area contributed by atoms with Gasteiger partial charge in [0.1, 0.15) is 11.6 Å². The quantitative estimate of drug-likeness (QED) is 0.478. The second-order valence-corrected chi connectivity index (χ2v) is 7.34. The van der Waals surface area contributed by atoms with Gasteiger partial charge in [0.25, 0.3) is 11.8 Å². The standard InChI is InChI=1S/C22H16FN3O3S/c1-29-15-10-11-18-19(12-15)30-22(25-18)26-21(28)16-4-2-3-5-17(16)24-20(27)13-6-8-14(23)9-7-13/h2-12H,1H3,(H,24,27)(H,25,26,28). The largest absolute Gasteiger partial charge is 0.497 e. The van der Waals surface area contributed by atoms with E-state index in [4.69, 9.17) is 4.74 Å². The Morgan fingerprint density at radius 3 is 2.50 bits per heavy atom. The van der Waals surface area contributed by atoms with Gasteiger partial charge in [0.15, 0.2) is 5.13 Å². The van der Waals surface area contributed by atoms with Gasteiger partial charge in [-0.15, -0.1) is 0 Å². The third kappa shape index (κ3) is 4.13. The van der Waals surface area contributed by atoms with Gasteiger partial charge in [-0.1, -0.05) is 23.5 Å². The van der Waals surface area contributed by atoms with Gasteiger partial charge in [0.05, 0.1) is 28.6 Å². The van der Waals surface area contributed by atoms with Gasteiger partial charge in [-0.3, -0.25) is 14.9 Å². The first-order chi connectivity index (χ1) is 14.5. The molecule has 0 saturated carbocycles. The number of aromatic nitrogens is 1. The average Bonchev–Trinajstić information content (AvgIpc) is 3.15. The number of fused-ring (bicyclic) bond motifs is 1. The number of hydrogen-bond acceptors (Lipinski definition) is 5. The van der Waals surface area contributed by atoms with E-state index >= 15 is 0 Å². The van der Waals surface area contributed by atoms with Crippen LogP contribution < -0.4 is 15.4 Å². The number of hydrogen-bond donors (Lipinski definition) is 2. The number of benzene rings is 3. The van der Waals surface area contributed by atoms with E-state index in [-0.39, 0.29) is 11.1 Å². The van der Waals surface area contributed by atoms with Crippen LogP contribution in [0.5, 0.6) is 5.75 Å². The van der Waals surface area contributed by atoms with Gasteiger partial charge >= 0.3 is 0 Å². The lowest BCUT2D eigenvalue weighted by Crippen LogP contribution is -2.18. The number of para-hydroxylation sites is 1. The molecule has 0 bridgehead atoms. The van der Waals surface area contributed by atoms with E-state index in [0.29, 0.717) is 16.6 Å². The summed E-state index contributed by atoms with van der Waals surface area (Å²) >= 11 is 1.32. The van der Waals surface area contributed by atoms with Gasteiger partial charge in [0, 0.05) is 5.56 Å². The normalized spacial score (nSPS) is 10.6. The molecule has 2 amide bonds. The summed E-state index contributed by atoms with van der Waals surface area (Å²) < 4.78 is 19.2. The molecule has 3 aromatic carbocycles. The zero-order valence-corrected chi connectivity index (χ0v) is 16.6. The van der Waals surface area contributed by atoms with Crippen LogP contribution in [0.2, 0.25) is 0 Å². The van der Waals surface area contributed by atoms with E-state index in [1.54, 1.807) is 37.4 Å². The number of thiazole rings is 1. The van der Waals surface area contributed by atoms with E-state index in [0.717, 1.165) is 10.2 Å². The number of anilines is 2. The number of ether oxygens (including phenoxy) is 1. The average molecular weight is 421 g/mol. The van der Waals surface area contributed by atoms with Crippen molar-refractivity contribution in [2.75, 3.05) is 17.7 Å². The number of rotatable bonds is 5. The molecule has 0 spiro atoms. The van der Waals surface area contributed by atoms with Gasteiger partial charge in [-0.05, 0) is 54.6 Å². The summed E-state index contributed by atoms with van der Waals surface area (Å²) in [5.74, 6) is -0.573. The van der Waals surface area contributed by atoms with Crippen LogP contribution in [0, 0.1) is 5.82 Å². The first kappa shape index (κ1) is 19.5. The fourth-order valence-electron chi connectivity index (χ4n) is 2.84. The maximum atomic E-state index is 13.1. The maximum Gasteiger partial charge on any atom is 0.259 e. The van der Waals surface area contributed by atoms with Crippen LogP contribution in [0.1, 0.15) is 20.7 Å². The first-order valence-electron chi connectivity index (χ1n) is 8.95. The molecule has 4 aromatic rings. The highest BCUT2D eigenvalue weighted by atomic mass is 32.1. The number of carbonyl (C=O) groups excluding carboxylic acids is 2. The predicted molar refractivity (Wildman–Crippen MR) is 115 cm³/mol. The molecule has 6 nitrogen and oxygen atoms in total. The number of halogens is 1. The molecule has 1 heterocycles. The molecule has 0 aliphatic rings. The topological polar surface area (TPSA) is 80.3 Å². The van der Waals surface area contributed by atoms with E-state index in [1.165, 1.54) is 35.6 Å². The maximum absolute atomic E-state index is 13.1. The monoisotopic (exact) mass is 421 g/mol. The fraction of sp³-hybridized carbons (Fsp3) is 0.0455. The van der Waals surface area contributed by atoms with Crippen LogP contribution in [0.3, 0.4) is 0 Å². The Kier molecular flexibility index (Phi) is 5.40. The van der Waals surface area contributed by atoms with Crippen molar-refractivity contribution in [2.24, 2.45) is 0 Å². The smallest absolute Gasteiger partial charge is 0.259 e. The van der Waals surface area contributed by atoms with Gasteiger partial charge in [-0.2, -0.15) is 0 Å². The van der Waals surface area contributed by atoms with E-state index in [9.17, 15) is 14.0 Å². The van der Waals surface area contributed by atoms with Gasteiger partial charge in [-0.25, -0.2) is 9.37 Å². The minimum absolute atomic E-state index is 0.282. The Hall–Kier alpha value is -3.78. The predicted octanol–water partition coefficient (Wildman–Crippen LogP) is 4.95. The van der Waals surface area contributed by atoms with Crippen LogP contribution in [-0.2, 0) is 0 Å². The highest BCUT2D eigenvalue weighted by molar-refractivity contribution is 7.22. The van der Waals surface area contributed by atoms with E-state index in [2.05, 4.69) is 15.6 Å². The van der Waals surface area contributed by atoms with Crippen LogP contribution in [0.25, 0.3) is 10.2 Å². The third-order valence-electron chi connectivity index (χ3n) is 4.34. The van der Waals surface area contributed by atoms with Crippen molar-refractivity contribution >= 4 is 44.2 Å². The summed E-state index contributed by atoms with van der Waals surface area (Å²) in [5, 5.41) is 5.90. The second-order valence-electron chi connectivity index (χ2n) is 6.31. The highest BCUT2D eigenvalue weighted by Gasteiger charge is 2.16.